The average Bonchev–Trinajstić information content (AvgIpc) is 2.88. The van der Waals surface area contributed by atoms with E-state index in [0.29, 0.717) is 17.6 Å². The molecule has 1 aromatic carbocycles. The van der Waals surface area contributed by atoms with Gasteiger partial charge in [0.2, 0.25) is 5.88 Å². The first-order valence-corrected chi connectivity index (χ1v) is 7.58. The van der Waals surface area contributed by atoms with E-state index in [-0.39, 0.29) is 12.5 Å². The van der Waals surface area contributed by atoms with Crippen molar-refractivity contribution >= 4 is 11.8 Å². The lowest BCUT2D eigenvalue weighted by Crippen LogP contribution is -2.21. The molecule has 22 heavy (non-hydrogen) atoms. The van der Waals surface area contributed by atoms with E-state index in [1.54, 1.807) is 0 Å². The third-order valence-corrected chi connectivity index (χ3v) is 3.91. The number of rotatable bonds is 4. The van der Waals surface area contributed by atoms with Gasteiger partial charge in [0.05, 0.1) is 5.69 Å². The van der Waals surface area contributed by atoms with Gasteiger partial charge in [-0.2, -0.15) is 0 Å². The first-order valence-electron chi connectivity index (χ1n) is 7.58. The molecule has 1 heterocycles. The summed E-state index contributed by atoms with van der Waals surface area (Å²) in [7, 11) is 0. The fraction of sp³-hybridized carbons (Fsp3) is 0.412. The lowest BCUT2D eigenvalue weighted by molar-refractivity contribution is -0.118. The standard InChI is InChI=1S/C17H20N2O3/c1-11-4-3-5-13(8-11)21-10-16(20)18-17-14-9-12(2)6-7-15(14)19-22-17/h3-5,8,12H,6-7,9-10H2,1-2H3,(H,18,20)/t12-/m0/s1. The molecule has 1 atom stereocenters. The minimum Gasteiger partial charge on any atom is -0.484 e. The van der Waals surface area contributed by atoms with Crippen LogP contribution in [0.2, 0.25) is 0 Å². The molecular formula is C17H20N2O3. The van der Waals surface area contributed by atoms with E-state index in [4.69, 9.17) is 9.26 Å². The Morgan fingerprint density at radius 3 is 3.18 bits per heavy atom. The number of aryl methyl sites for hydroxylation is 2. The van der Waals surface area contributed by atoms with E-state index in [1.807, 2.05) is 31.2 Å². The Morgan fingerprint density at radius 1 is 1.50 bits per heavy atom. The number of carbonyl (C=O) groups is 1. The van der Waals surface area contributed by atoms with E-state index < -0.39 is 0 Å². The molecule has 1 aliphatic rings. The van der Waals surface area contributed by atoms with Crippen molar-refractivity contribution in [3.05, 3.63) is 41.1 Å². The number of hydrogen-bond donors (Lipinski definition) is 1. The van der Waals surface area contributed by atoms with Gasteiger partial charge in [0.1, 0.15) is 5.75 Å². The normalized spacial score (nSPS) is 16.9. The van der Waals surface area contributed by atoms with Gasteiger partial charge in [0, 0.05) is 5.56 Å². The number of nitrogens with zero attached hydrogens (tertiary/aromatic N) is 1. The summed E-state index contributed by atoms with van der Waals surface area (Å²) in [6.07, 6.45) is 2.92. The van der Waals surface area contributed by atoms with E-state index in [2.05, 4.69) is 17.4 Å². The van der Waals surface area contributed by atoms with Crippen molar-refractivity contribution in [1.29, 1.82) is 0 Å². The van der Waals surface area contributed by atoms with Crippen molar-refractivity contribution in [2.45, 2.75) is 33.1 Å². The van der Waals surface area contributed by atoms with Gasteiger partial charge in [-0.05, 0) is 49.8 Å². The zero-order valence-corrected chi connectivity index (χ0v) is 12.9. The van der Waals surface area contributed by atoms with Gasteiger partial charge >= 0.3 is 0 Å². The van der Waals surface area contributed by atoms with Gasteiger partial charge in [-0.25, -0.2) is 0 Å². The summed E-state index contributed by atoms with van der Waals surface area (Å²) in [5, 5.41) is 6.81. The molecule has 3 rings (SSSR count). The molecule has 5 nitrogen and oxygen atoms in total. The molecule has 1 aromatic heterocycles. The number of hydrogen-bond acceptors (Lipinski definition) is 4. The van der Waals surface area contributed by atoms with Crippen molar-refractivity contribution < 1.29 is 14.1 Å². The molecule has 0 fully saturated rings. The third-order valence-electron chi connectivity index (χ3n) is 3.91. The van der Waals surface area contributed by atoms with Gasteiger partial charge in [-0.3, -0.25) is 10.1 Å². The van der Waals surface area contributed by atoms with Crippen LogP contribution in [0.25, 0.3) is 0 Å². The summed E-state index contributed by atoms with van der Waals surface area (Å²) in [6.45, 7) is 4.13. The van der Waals surface area contributed by atoms with Crippen LogP contribution in [0.5, 0.6) is 5.75 Å². The van der Waals surface area contributed by atoms with Gasteiger partial charge < -0.3 is 9.26 Å². The Bertz CT molecular complexity index is 678. The second-order valence-electron chi connectivity index (χ2n) is 5.94. The highest BCUT2D eigenvalue weighted by molar-refractivity contribution is 5.91. The van der Waals surface area contributed by atoms with Crippen LogP contribution in [0.15, 0.2) is 28.8 Å². The third kappa shape index (κ3) is 3.30. The van der Waals surface area contributed by atoms with Gasteiger partial charge in [-0.15, -0.1) is 0 Å². The lowest BCUT2D eigenvalue weighted by atomic mass is 9.89. The molecule has 1 aliphatic carbocycles. The molecule has 116 valence electrons. The fourth-order valence-corrected chi connectivity index (χ4v) is 2.70. The van der Waals surface area contributed by atoms with Crippen molar-refractivity contribution in [2.75, 3.05) is 11.9 Å². The highest BCUT2D eigenvalue weighted by Gasteiger charge is 2.24. The predicted molar refractivity (Wildman–Crippen MR) is 83.0 cm³/mol. The first-order chi connectivity index (χ1) is 10.6. The number of aromatic nitrogens is 1. The van der Waals surface area contributed by atoms with E-state index >= 15 is 0 Å². The molecule has 0 spiro atoms. The maximum atomic E-state index is 12.0. The smallest absolute Gasteiger partial charge is 0.264 e. The highest BCUT2D eigenvalue weighted by Crippen LogP contribution is 2.30. The molecular weight excluding hydrogens is 280 g/mol. The average molecular weight is 300 g/mol. The van der Waals surface area contributed by atoms with Crippen molar-refractivity contribution in [3.63, 3.8) is 0 Å². The van der Waals surface area contributed by atoms with Crippen molar-refractivity contribution in [3.8, 4) is 5.75 Å². The molecule has 1 N–H and O–H groups in total. The molecule has 0 saturated carbocycles. The van der Waals surface area contributed by atoms with Crippen LogP contribution in [0, 0.1) is 12.8 Å². The Kier molecular flexibility index (Phi) is 4.13. The maximum absolute atomic E-state index is 12.0. The summed E-state index contributed by atoms with van der Waals surface area (Å²) >= 11 is 0. The molecule has 0 radical (unpaired) electrons. The summed E-state index contributed by atoms with van der Waals surface area (Å²) in [5.41, 5.74) is 3.09. The number of ether oxygens (including phenoxy) is 1. The van der Waals surface area contributed by atoms with Crippen LogP contribution < -0.4 is 10.1 Å². The number of benzene rings is 1. The van der Waals surface area contributed by atoms with E-state index in [9.17, 15) is 4.79 Å². The number of amides is 1. The Labute approximate surface area is 129 Å². The second kappa shape index (κ2) is 6.22. The predicted octanol–water partition coefficient (Wildman–Crippen LogP) is 3.13. The Hall–Kier alpha value is -2.30. The number of fused-ring (bicyclic) bond motifs is 1. The van der Waals surface area contributed by atoms with E-state index in [1.165, 1.54) is 0 Å². The number of carbonyl (C=O) groups excluding carboxylic acids is 1. The van der Waals surface area contributed by atoms with Crippen LogP contribution in [0.3, 0.4) is 0 Å². The SMILES string of the molecule is Cc1cccc(OCC(=O)Nc2onc3c2C[C@@H](C)CC3)c1. The minimum absolute atomic E-state index is 0.0471. The lowest BCUT2D eigenvalue weighted by Gasteiger charge is -2.16. The quantitative estimate of drug-likeness (QED) is 0.942. The van der Waals surface area contributed by atoms with Crippen LogP contribution in [-0.4, -0.2) is 17.7 Å². The number of anilines is 1. The van der Waals surface area contributed by atoms with Crippen LogP contribution in [-0.2, 0) is 17.6 Å². The minimum atomic E-state index is -0.237. The summed E-state index contributed by atoms with van der Waals surface area (Å²) in [6, 6.07) is 7.61. The molecule has 0 saturated heterocycles. The molecule has 0 unspecified atom stereocenters. The Balaban J connectivity index is 1.59. The zero-order chi connectivity index (χ0) is 15.5. The Morgan fingerprint density at radius 2 is 2.36 bits per heavy atom. The molecule has 0 aliphatic heterocycles. The van der Waals surface area contributed by atoms with Crippen LogP contribution in [0.4, 0.5) is 5.88 Å². The summed E-state index contributed by atoms with van der Waals surface area (Å²) in [5.74, 6) is 1.51. The van der Waals surface area contributed by atoms with Crippen molar-refractivity contribution in [1.82, 2.24) is 5.16 Å². The van der Waals surface area contributed by atoms with Crippen LogP contribution in [0.1, 0.15) is 30.2 Å². The zero-order valence-electron chi connectivity index (χ0n) is 12.9. The topological polar surface area (TPSA) is 64.4 Å². The van der Waals surface area contributed by atoms with Crippen LogP contribution >= 0.6 is 0 Å². The monoisotopic (exact) mass is 300 g/mol. The first kappa shape index (κ1) is 14.6. The maximum Gasteiger partial charge on any atom is 0.264 e. The second-order valence-corrected chi connectivity index (χ2v) is 5.94. The highest BCUT2D eigenvalue weighted by atomic mass is 16.5. The van der Waals surface area contributed by atoms with E-state index in [0.717, 1.165) is 36.1 Å². The van der Waals surface area contributed by atoms with Gasteiger partial charge in [-0.1, -0.05) is 24.2 Å². The molecule has 0 bridgehead atoms. The van der Waals surface area contributed by atoms with Crippen molar-refractivity contribution in [2.24, 2.45) is 5.92 Å². The summed E-state index contributed by atoms with van der Waals surface area (Å²) in [4.78, 5) is 12.0. The largest absolute Gasteiger partial charge is 0.484 e. The number of nitrogens with one attached hydrogen (secondary N) is 1. The summed E-state index contributed by atoms with van der Waals surface area (Å²) < 4.78 is 10.8. The molecule has 5 heteroatoms. The fourth-order valence-electron chi connectivity index (χ4n) is 2.70. The molecule has 1 amide bonds. The van der Waals surface area contributed by atoms with Gasteiger partial charge in [0.25, 0.3) is 5.91 Å². The molecule has 2 aromatic rings. The van der Waals surface area contributed by atoms with Gasteiger partial charge in [0.15, 0.2) is 6.61 Å².